The van der Waals surface area contributed by atoms with Gasteiger partial charge in [-0.15, -0.1) is 0 Å². The molecule has 1 unspecified atom stereocenters. The Bertz CT molecular complexity index is 515. The number of methoxy groups -OCH3 is 1. The first-order valence-electron chi connectivity index (χ1n) is 5.48. The van der Waals surface area contributed by atoms with Crippen LogP contribution in [0, 0.1) is 0 Å². The lowest BCUT2D eigenvalue weighted by molar-refractivity contribution is 0.190. The van der Waals surface area contributed by atoms with Gasteiger partial charge in [0.25, 0.3) is 0 Å². The van der Waals surface area contributed by atoms with Crippen LogP contribution in [0.1, 0.15) is 6.92 Å². The molecule has 5 heteroatoms. The van der Waals surface area contributed by atoms with Crippen molar-refractivity contribution in [1.29, 1.82) is 0 Å². The van der Waals surface area contributed by atoms with Gasteiger partial charge in [0.2, 0.25) is 0 Å². The number of para-hydroxylation sites is 2. The lowest BCUT2D eigenvalue weighted by Gasteiger charge is -2.14. The molecule has 0 saturated carbocycles. The van der Waals surface area contributed by atoms with Gasteiger partial charge in [-0.1, -0.05) is 12.1 Å². The first-order valence-corrected chi connectivity index (χ1v) is 5.48. The number of nitrogens with one attached hydrogen (secondary N) is 1. The van der Waals surface area contributed by atoms with Crippen molar-refractivity contribution in [2.75, 3.05) is 24.8 Å². The number of nitrogens with zero attached hydrogens (tertiary/aromatic N) is 2. The van der Waals surface area contributed by atoms with Crippen molar-refractivity contribution in [3.8, 4) is 0 Å². The molecule has 17 heavy (non-hydrogen) atoms. The van der Waals surface area contributed by atoms with Crippen LogP contribution in [0.15, 0.2) is 24.3 Å². The van der Waals surface area contributed by atoms with E-state index in [2.05, 4.69) is 15.3 Å². The molecule has 2 rings (SSSR count). The Labute approximate surface area is 100 Å². The third kappa shape index (κ3) is 2.62. The van der Waals surface area contributed by atoms with E-state index in [-0.39, 0.29) is 6.04 Å². The minimum absolute atomic E-state index is 0.137. The molecule has 1 heterocycles. The van der Waals surface area contributed by atoms with E-state index in [0.29, 0.717) is 18.2 Å². The van der Waals surface area contributed by atoms with Crippen LogP contribution in [0.25, 0.3) is 11.0 Å². The highest BCUT2D eigenvalue weighted by Gasteiger charge is 2.08. The Morgan fingerprint density at radius 2 is 1.94 bits per heavy atom. The molecule has 0 aliphatic rings. The van der Waals surface area contributed by atoms with Crippen LogP contribution in [0.2, 0.25) is 0 Å². The number of hydrogen-bond acceptors (Lipinski definition) is 5. The van der Waals surface area contributed by atoms with Gasteiger partial charge in [0.05, 0.1) is 17.6 Å². The van der Waals surface area contributed by atoms with Gasteiger partial charge in [0, 0.05) is 13.2 Å². The maximum atomic E-state index is 5.85. The molecule has 0 aliphatic carbocycles. The van der Waals surface area contributed by atoms with Gasteiger partial charge in [0.15, 0.2) is 11.6 Å². The molecule has 1 atom stereocenters. The largest absolute Gasteiger partial charge is 0.383 e. The van der Waals surface area contributed by atoms with E-state index in [9.17, 15) is 0 Å². The summed E-state index contributed by atoms with van der Waals surface area (Å²) in [5, 5.41) is 3.18. The minimum atomic E-state index is 0.137. The van der Waals surface area contributed by atoms with E-state index in [1.165, 1.54) is 0 Å². The topological polar surface area (TPSA) is 73.1 Å². The van der Waals surface area contributed by atoms with Crippen LogP contribution in [-0.2, 0) is 4.74 Å². The molecule has 0 aliphatic heterocycles. The lowest BCUT2D eigenvalue weighted by Crippen LogP contribution is -2.22. The average molecular weight is 232 g/mol. The first-order chi connectivity index (χ1) is 8.20. The molecule has 3 N–H and O–H groups in total. The molecular weight excluding hydrogens is 216 g/mol. The van der Waals surface area contributed by atoms with Gasteiger partial charge in [-0.05, 0) is 19.1 Å². The quantitative estimate of drug-likeness (QED) is 0.838. The number of nitrogen functional groups attached to an aromatic ring is 1. The van der Waals surface area contributed by atoms with Gasteiger partial charge < -0.3 is 15.8 Å². The van der Waals surface area contributed by atoms with Crippen LogP contribution < -0.4 is 11.1 Å². The van der Waals surface area contributed by atoms with E-state index in [0.717, 1.165) is 11.0 Å². The number of ether oxygens (including phenoxy) is 1. The zero-order valence-electron chi connectivity index (χ0n) is 9.97. The number of rotatable bonds is 4. The molecule has 90 valence electrons. The van der Waals surface area contributed by atoms with E-state index >= 15 is 0 Å². The summed E-state index contributed by atoms with van der Waals surface area (Å²) in [4.78, 5) is 8.74. The number of fused-ring (bicyclic) bond motifs is 1. The summed E-state index contributed by atoms with van der Waals surface area (Å²) in [5.41, 5.74) is 7.48. The van der Waals surface area contributed by atoms with Crippen molar-refractivity contribution < 1.29 is 4.74 Å². The molecule has 2 aromatic rings. The second-order valence-corrected chi connectivity index (χ2v) is 3.95. The number of nitrogens with two attached hydrogens (primary N) is 1. The number of benzene rings is 1. The smallest absolute Gasteiger partial charge is 0.169 e. The standard InChI is InChI=1S/C12H16N4O/c1-8(7-17-2)14-12-11(13)15-9-5-3-4-6-10(9)16-12/h3-6,8H,7H2,1-2H3,(H2,13,15)(H,14,16). The first kappa shape index (κ1) is 11.6. The van der Waals surface area contributed by atoms with Crippen LogP contribution in [0.4, 0.5) is 11.6 Å². The molecule has 1 aromatic carbocycles. The van der Waals surface area contributed by atoms with Crippen molar-refractivity contribution in [3.63, 3.8) is 0 Å². The summed E-state index contributed by atoms with van der Waals surface area (Å²) in [5.74, 6) is 1.01. The van der Waals surface area contributed by atoms with Gasteiger partial charge in [0.1, 0.15) is 0 Å². The SMILES string of the molecule is COCC(C)Nc1nc2ccccc2nc1N. The van der Waals surface area contributed by atoms with Crippen molar-refractivity contribution in [1.82, 2.24) is 9.97 Å². The Balaban J connectivity index is 2.31. The summed E-state index contributed by atoms with van der Waals surface area (Å²) < 4.78 is 5.05. The lowest BCUT2D eigenvalue weighted by atomic mass is 10.3. The zero-order chi connectivity index (χ0) is 12.3. The molecular formula is C12H16N4O. The van der Waals surface area contributed by atoms with Crippen molar-refractivity contribution in [2.24, 2.45) is 0 Å². The van der Waals surface area contributed by atoms with Gasteiger partial charge in [-0.2, -0.15) is 0 Å². The second-order valence-electron chi connectivity index (χ2n) is 3.95. The highest BCUT2D eigenvalue weighted by Crippen LogP contribution is 2.18. The van der Waals surface area contributed by atoms with Gasteiger partial charge in [-0.25, -0.2) is 9.97 Å². The molecule has 0 fully saturated rings. The average Bonchev–Trinajstić information content (AvgIpc) is 2.30. The van der Waals surface area contributed by atoms with E-state index in [1.54, 1.807) is 7.11 Å². The Kier molecular flexibility index (Phi) is 3.39. The van der Waals surface area contributed by atoms with Crippen LogP contribution in [0.3, 0.4) is 0 Å². The maximum absolute atomic E-state index is 5.85. The van der Waals surface area contributed by atoms with E-state index < -0.39 is 0 Å². The minimum Gasteiger partial charge on any atom is -0.383 e. The Hall–Kier alpha value is -1.88. The molecule has 5 nitrogen and oxygen atoms in total. The number of hydrogen-bond donors (Lipinski definition) is 2. The third-order valence-electron chi connectivity index (χ3n) is 2.40. The highest BCUT2D eigenvalue weighted by atomic mass is 16.5. The highest BCUT2D eigenvalue weighted by molar-refractivity contribution is 5.79. The summed E-state index contributed by atoms with van der Waals surface area (Å²) in [6, 6.07) is 7.78. The van der Waals surface area contributed by atoms with Crippen LogP contribution in [-0.4, -0.2) is 29.7 Å². The Morgan fingerprint density at radius 1 is 1.29 bits per heavy atom. The van der Waals surface area contributed by atoms with Crippen LogP contribution in [0.5, 0.6) is 0 Å². The second kappa shape index (κ2) is 4.97. The fourth-order valence-electron chi connectivity index (χ4n) is 1.64. The summed E-state index contributed by atoms with van der Waals surface area (Å²) >= 11 is 0. The molecule has 0 spiro atoms. The van der Waals surface area contributed by atoms with Gasteiger partial charge >= 0.3 is 0 Å². The number of anilines is 2. The summed E-state index contributed by atoms with van der Waals surface area (Å²) in [6.07, 6.45) is 0. The van der Waals surface area contributed by atoms with Crippen molar-refractivity contribution >= 4 is 22.7 Å². The fourth-order valence-corrected chi connectivity index (χ4v) is 1.64. The predicted octanol–water partition coefficient (Wildman–Crippen LogP) is 1.66. The number of aromatic nitrogens is 2. The summed E-state index contributed by atoms with van der Waals surface area (Å²) in [7, 11) is 1.66. The van der Waals surface area contributed by atoms with E-state index in [4.69, 9.17) is 10.5 Å². The zero-order valence-corrected chi connectivity index (χ0v) is 9.97. The molecule has 0 saturated heterocycles. The monoisotopic (exact) mass is 232 g/mol. The molecule has 0 amide bonds. The predicted molar refractivity (Wildman–Crippen MR) is 68.9 cm³/mol. The van der Waals surface area contributed by atoms with Crippen molar-refractivity contribution in [3.05, 3.63) is 24.3 Å². The molecule has 1 aromatic heterocycles. The van der Waals surface area contributed by atoms with Crippen molar-refractivity contribution in [2.45, 2.75) is 13.0 Å². The third-order valence-corrected chi connectivity index (χ3v) is 2.40. The van der Waals surface area contributed by atoms with E-state index in [1.807, 2.05) is 31.2 Å². The molecule has 0 radical (unpaired) electrons. The normalized spacial score (nSPS) is 12.6. The Morgan fingerprint density at radius 3 is 2.59 bits per heavy atom. The molecule has 0 bridgehead atoms. The van der Waals surface area contributed by atoms with Gasteiger partial charge in [-0.3, -0.25) is 0 Å². The maximum Gasteiger partial charge on any atom is 0.169 e. The van der Waals surface area contributed by atoms with Crippen LogP contribution >= 0.6 is 0 Å². The fraction of sp³-hybridized carbons (Fsp3) is 0.333. The summed E-state index contributed by atoms with van der Waals surface area (Å²) in [6.45, 7) is 2.59.